The summed E-state index contributed by atoms with van der Waals surface area (Å²) in [6.45, 7) is 3.55. The number of aryl methyl sites for hydroxylation is 2. The highest BCUT2D eigenvalue weighted by molar-refractivity contribution is 7.16. The molecule has 0 spiro atoms. The third-order valence-corrected chi connectivity index (χ3v) is 22.4. The van der Waals surface area contributed by atoms with Crippen LogP contribution in [0.3, 0.4) is 0 Å². The number of aliphatic hydroxyl groups is 2. The number of carbonyl (C=O) groups is 8. The molecule has 9 N–H and O–H groups in total. The Morgan fingerprint density at radius 1 is 0.449 bits per heavy atom. The van der Waals surface area contributed by atoms with Gasteiger partial charge in [-0.05, 0) is 173 Å². The highest BCUT2D eigenvalue weighted by atomic mass is 32.1. The number of aromatic nitrogens is 1. The first kappa shape index (κ1) is 89.0. The fraction of sp³-hybridized carbons (Fsp3) is 0.129. The maximum absolute atomic E-state index is 13.2. The number of esters is 4. The highest BCUT2D eigenvalue weighted by Gasteiger charge is 2.29. The van der Waals surface area contributed by atoms with Gasteiger partial charge in [-0.1, -0.05) is 126 Å². The molecule has 1 aliphatic rings. The van der Waals surface area contributed by atoms with Crippen LogP contribution < -0.4 is 16.0 Å². The molecule has 0 saturated carbocycles. The monoisotopic (exact) mass is 1760 g/mol. The molecule has 0 aliphatic heterocycles. The van der Waals surface area contributed by atoms with E-state index in [2.05, 4.69) is 62.0 Å². The van der Waals surface area contributed by atoms with E-state index >= 15 is 0 Å². The second-order valence-corrected chi connectivity index (χ2v) is 30.6. The first-order valence-electron chi connectivity index (χ1n) is 38.8. The highest BCUT2D eigenvalue weighted by Crippen LogP contribution is 2.47. The van der Waals surface area contributed by atoms with E-state index in [-0.39, 0.29) is 98.5 Å². The van der Waals surface area contributed by atoms with E-state index in [0.29, 0.717) is 110 Å². The molecule has 0 saturated heterocycles. The standard InChI is InChI=1S/C29H27N3O5S.C24H19N3O5S.C22H16N4O4.C18H14N2O5S/c1-2-37-29(36)24-21-9-5-6-10-23(21)38-28(24)32-31-25-20-8-4-3-7-18(20)15-22(26(25)34)27(35)30-19-13-11-17(16-33)12-14-19;1-32-24(31)22-19(10-11-33-22)26-27-20-17-5-3-2-4-15(17)12-18(21(20)29)23(30)25-16-8-6-14(13-28)7-9-16;1-13-10-19(26-30-13)24-25-20-17-5-3-2-4-15(17)11-18(21(20)28)22(29)23-16-8-6-14(12-27)7-9-16;1-24-17(22)12-9-10-5-3-4-6-11(10)14(15(12)21)20-19-13-7-8-26-16(13)18(23)25-2/h3-4,7-8,11-15,33-34H,2,5-6,9-10,16H2,1H3,(H,30,35);2-12,28-29H,13H2,1H3,(H,25,30);2-12,28H,1H3,(H,23,29);3-9,21H,1-2H3. The summed E-state index contributed by atoms with van der Waals surface area (Å²) in [5, 5.41) is 116. The fourth-order valence-electron chi connectivity index (χ4n) is 13.2. The Bertz CT molecular complexity index is 6820. The summed E-state index contributed by atoms with van der Waals surface area (Å²) in [6, 6.07) is 59.7. The van der Waals surface area contributed by atoms with Crippen LogP contribution in [0, 0.1) is 6.92 Å². The summed E-state index contributed by atoms with van der Waals surface area (Å²) >= 11 is 3.76. The molecule has 16 rings (SSSR count). The number of carbonyl (C=O) groups excluding carboxylic acids is 8. The minimum absolute atomic E-state index is 0.0151. The first-order valence-corrected chi connectivity index (χ1v) is 41.4. The number of aldehydes is 1. The van der Waals surface area contributed by atoms with Crippen LogP contribution in [0.4, 0.5) is 62.0 Å². The van der Waals surface area contributed by atoms with Crippen molar-refractivity contribution in [2.75, 3.05) is 43.9 Å². The van der Waals surface area contributed by atoms with E-state index in [0.717, 1.165) is 41.7 Å². The number of rotatable bonds is 22. The number of hydrogen-bond donors (Lipinski definition) is 9. The number of azo groups is 4. The second-order valence-electron chi connectivity index (χ2n) is 27.6. The summed E-state index contributed by atoms with van der Waals surface area (Å²) in [4.78, 5) is 99.8. The summed E-state index contributed by atoms with van der Waals surface area (Å²) in [5.41, 5.74) is 6.07. The lowest BCUT2D eigenvalue weighted by molar-refractivity contribution is 0.0523. The van der Waals surface area contributed by atoms with Crippen LogP contribution in [-0.2, 0) is 45.0 Å². The summed E-state index contributed by atoms with van der Waals surface area (Å²) in [5.74, 6) is -4.19. The van der Waals surface area contributed by atoms with Gasteiger partial charge in [0.25, 0.3) is 17.7 Å². The van der Waals surface area contributed by atoms with Crippen LogP contribution >= 0.6 is 34.0 Å². The van der Waals surface area contributed by atoms with Gasteiger partial charge in [0.15, 0.2) is 28.0 Å². The third kappa shape index (κ3) is 20.8. The molecule has 1 aliphatic carbocycles. The molecule has 11 aromatic carbocycles. The predicted octanol–water partition coefficient (Wildman–Crippen LogP) is 22.3. The molecule has 31 nitrogen and oxygen atoms in total. The van der Waals surface area contributed by atoms with E-state index < -0.39 is 41.6 Å². The van der Waals surface area contributed by atoms with Crippen LogP contribution in [-0.4, -0.2) is 112 Å². The van der Waals surface area contributed by atoms with Crippen molar-refractivity contribution in [2.45, 2.75) is 52.7 Å². The smallest absolute Gasteiger partial charge is 0.350 e. The van der Waals surface area contributed by atoms with Gasteiger partial charge in [-0.2, -0.15) is 0 Å². The lowest BCUT2D eigenvalue weighted by Crippen LogP contribution is -2.12. The Labute approximate surface area is 734 Å². The van der Waals surface area contributed by atoms with Gasteiger partial charge in [-0.15, -0.1) is 74.9 Å². The molecule has 34 heteroatoms. The molecule has 4 aromatic heterocycles. The fourth-order valence-corrected chi connectivity index (χ4v) is 15.9. The van der Waals surface area contributed by atoms with Gasteiger partial charge < -0.3 is 70.1 Å². The Morgan fingerprint density at radius 3 is 1.21 bits per heavy atom. The van der Waals surface area contributed by atoms with E-state index in [1.165, 1.54) is 61.4 Å². The predicted molar refractivity (Wildman–Crippen MR) is 480 cm³/mol. The number of phenolic OH excluding ortho intramolecular Hbond substituents is 4. The Balaban J connectivity index is 0.000000146. The molecule has 0 fully saturated rings. The van der Waals surface area contributed by atoms with Crippen LogP contribution in [0.25, 0.3) is 43.1 Å². The topological polar surface area (TPSA) is 456 Å². The molecule has 127 heavy (non-hydrogen) atoms. The molecule has 0 atom stereocenters. The zero-order valence-electron chi connectivity index (χ0n) is 68.1. The number of hydrogen-bond acceptors (Lipinski definition) is 31. The van der Waals surface area contributed by atoms with Crippen molar-refractivity contribution in [1.29, 1.82) is 0 Å². The van der Waals surface area contributed by atoms with Crippen LogP contribution in [0.2, 0.25) is 0 Å². The number of aromatic hydroxyl groups is 4. The number of nitrogens with one attached hydrogen (secondary N) is 3. The summed E-state index contributed by atoms with van der Waals surface area (Å²) in [6.07, 6.45) is 4.44. The number of nitrogens with zero attached hydrogens (tertiary/aromatic N) is 9. The zero-order chi connectivity index (χ0) is 89.8. The molecule has 4 heterocycles. The SMILES string of the molecule is CCOC(=O)c1c(N=Nc2c(O)c(C(=O)Nc3ccc(CO)cc3)cc3ccccc23)sc2c1CCCC2.COC(=O)c1cc2ccccc2c(N=Nc2ccsc2C(=O)OC)c1O.COC(=O)c1sccc1N=Nc1c(O)c(C(=O)Nc2ccc(CO)cc2)cc2ccccc12.Cc1cc(N=Nc2c(O)c(C(=O)Nc3ccc(C=O)cc3)cc3ccccc23)no1. The maximum Gasteiger partial charge on any atom is 0.350 e. The number of fused-ring (bicyclic) bond motifs is 5. The molecule has 0 radical (unpaired) electrons. The number of aliphatic hydroxyl groups excluding tert-OH is 2. The zero-order valence-corrected chi connectivity index (χ0v) is 70.6. The van der Waals surface area contributed by atoms with Crippen molar-refractivity contribution in [3.8, 4) is 23.0 Å². The average Bonchev–Trinajstić information content (AvgIpc) is 1.77. The van der Waals surface area contributed by atoms with Gasteiger partial charge in [0, 0.05) is 55.1 Å². The lowest BCUT2D eigenvalue weighted by atomic mass is 9.95. The van der Waals surface area contributed by atoms with E-state index in [4.69, 9.17) is 23.5 Å². The van der Waals surface area contributed by atoms with E-state index in [9.17, 15) is 69.0 Å². The van der Waals surface area contributed by atoms with Crippen molar-refractivity contribution in [1.82, 2.24) is 5.16 Å². The normalized spacial score (nSPS) is 11.6. The van der Waals surface area contributed by atoms with Crippen molar-refractivity contribution in [3.05, 3.63) is 294 Å². The number of phenols is 4. The van der Waals surface area contributed by atoms with Crippen LogP contribution in [0.1, 0.15) is 129 Å². The summed E-state index contributed by atoms with van der Waals surface area (Å²) in [7, 11) is 3.79. The van der Waals surface area contributed by atoms with Gasteiger partial charge in [0.1, 0.15) is 67.1 Å². The quantitative estimate of drug-likeness (QED) is 0.0132. The Hall–Kier alpha value is -15.8. The second kappa shape index (κ2) is 41.4. The van der Waals surface area contributed by atoms with Gasteiger partial charge in [-0.3, -0.25) is 19.2 Å². The van der Waals surface area contributed by atoms with Gasteiger partial charge in [0.05, 0.1) is 57.8 Å². The Morgan fingerprint density at radius 2 is 0.827 bits per heavy atom. The minimum Gasteiger partial charge on any atom is -0.505 e. The number of amides is 3. The van der Waals surface area contributed by atoms with Gasteiger partial charge in [-0.25, -0.2) is 19.2 Å². The van der Waals surface area contributed by atoms with E-state index in [1.54, 1.807) is 194 Å². The van der Waals surface area contributed by atoms with Crippen molar-refractivity contribution in [3.63, 3.8) is 0 Å². The van der Waals surface area contributed by atoms with Gasteiger partial charge >= 0.3 is 23.9 Å². The van der Waals surface area contributed by atoms with Crippen LogP contribution in [0.5, 0.6) is 23.0 Å². The minimum atomic E-state index is -0.685. The molecule has 3 amide bonds. The van der Waals surface area contributed by atoms with E-state index in [1.807, 2.05) is 36.4 Å². The maximum atomic E-state index is 13.2. The first-order chi connectivity index (χ1) is 61.6. The molecule has 0 bridgehead atoms. The number of thiophene rings is 3. The molecule has 15 aromatic rings. The third-order valence-electron chi connectivity index (χ3n) is 19.5. The van der Waals surface area contributed by atoms with Gasteiger partial charge in [0.2, 0.25) is 5.82 Å². The largest absolute Gasteiger partial charge is 0.505 e. The van der Waals surface area contributed by atoms with Crippen molar-refractivity contribution < 1.29 is 92.5 Å². The molecular formula is C93H76N12O19S3. The number of anilines is 3. The average molecular weight is 1760 g/mol. The number of benzene rings is 11. The number of ether oxygens (including phenoxy) is 4. The summed E-state index contributed by atoms with van der Waals surface area (Å²) < 4.78 is 24.4. The molecular weight excluding hydrogens is 1690 g/mol. The molecule has 640 valence electrons. The number of methoxy groups -OCH3 is 3. The van der Waals surface area contributed by atoms with Crippen molar-refractivity contribution in [2.24, 2.45) is 40.9 Å². The lowest BCUT2D eigenvalue weighted by Gasteiger charge is -2.12. The van der Waals surface area contributed by atoms with Crippen molar-refractivity contribution >= 4 is 187 Å². The van der Waals surface area contributed by atoms with Crippen LogP contribution in [0.15, 0.2) is 269 Å². The Kier molecular flexibility index (Phi) is 29.0. The molecule has 0 unspecified atom stereocenters.